The fourth-order valence-electron chi connectivity index (χ4n) is 1.15. The zero-order valence-electron chi connectivity index (χ0n) is 10.6. The number of alkyl carbamates (subject to hydrolysis) is 1. The van der Waals surface area contributed by atoms with Crippen LogP contribution in [0.5, 0.6) is 0 Å². The maximum atomic E-state index is 11.3. The van der Waals surface area contributed by atoms with Gasteiger partial charge >= 0.3 is 18.0 Å². The predicted molar refractivity (Wildman–Crippen MR) is 62.1 cm³/mol. The Morgan fingerprint density at radius 1 is 1.33 bits per heavy atom. The Bertz CT molecular complexity index is 291. The third-order valence-electron chi connectivity index (χ3n) is 2.16. The monoisotopic (exact) mass is 261 g/mol. The second-order valence-corrected chi connectivity index (χ2v) is 3.64. The number of carboxylic acids is 1. The quantitative estimate of drug-likeness (QED) is 0.497. The third-order valence-corrected chi connectivity index (χ3v) is 2.16. The summed E-state index contributed by atoms with van der Waals surface area (Å²) in [5, 5.41) is 10.8. The molecule has 0 radical (unpaired) electrons. The van der Waals surface area contributed by atoms with Crippen LogP contribution in [0.15, 0.2) is 0 Å². The summed E-state index contributed by atoms with van der Waals surface area (Å²) < 4.78 is 9.28. The highest BCUT2D eigenvalue weighted by Crippen LogP contribution is 2.01. The number of methoxy groups -OCH3 is 1. The van der Waals surface area contributed by atoms with Crippen LogP contribution in [0.3, 0.4) is 0 Å². The van der Waals surface area contributed by atoms with Crippen LogP contribution in [0, 0.1) is 0 Å². The summed E-state index contributed by atoms with van der Waals surface area (Å²) in [4.78, 5) is 33.0. The molecule has 18 heavy (non-hydrogen) atoms. The number of aliphatic carboxylic acids is 1. The smallest absolute Gasteiger partial charge is 0.407 e. The standard InChI is InChI=1S/C11H19NO6/c1-3-4-7-18-11(16)12-8(10(15)17-2)5-6-9(13)14/h8H,3-7H2,1-2H3,(H,12,16)(H,13,14)/t8-/m0/s1. The van der Waals surface area contributed by atoms with Gasteiger partial charge in [0.1, 0.15) is 6.04 Å². The Morgan fingerprint density at radius 2 is 2.00 bits per heavy atom. The topological polar surface area (TPSA) is 102 Å². The number of ether oxygens (including phenoxy) is 2. The maximum absolute atomic E-state index is 11.3. The van der Waals surface area contributed by atoms with Gasteiger partial charge in [0.25, 0.3) is 0 Å². The number of hydrogen-bond acceptors (Lipinski definition) is 5. The molecule has 0 aliphatic heterocycles. The number of hydrogen-bond donors (Lipinski definition) is 2. The van der Waals surface area contributed by atoms with Crippen molar-refractivity contribution in [3.8, 4) is 0 Å². The fraction of sp³-hybridized carbons (Fsp3) is 0.727. The number of carbonyl (C=O) groups is 3. The summed E-state index contributed by atoms with van der Waals surface area (Å²) >= 11 is 0. The summed E-state index contributed by atoms with van der Waals surface area (Å²) in [5.41, 5.74) is 0. The second kappa shape index (κ2) is 9.26. The van der Waals surface area contributed by atoms with Crippen molar-refractivity contribution in [3.05, 3.63) is 0 Å². The fourth-order valence-corrected chi connectivity index (χ4v) is 1.15. The molecule has 0 heterocycles. The number of esters is 1. The van der Waals surface area contributed by atoms with Gasteiger partial charge in [0, 0.05) is 6.42 Å². The van der Waals surface area contributed by atoms with Crippen molar-refractivity contribution in [1.82, 2.24) is 5.32 Å². The van der Waals surface area contributed by atoms with Gasteiger partial charge in [0.2, 0.25) is 0 Å². The highest BCUT2D eigenvalue weighted by Gasteiger charge is 2.22. The van der Waals surface area contributed by atoms with Crippen LogP contribution in [0.2, 0.25) is 0 Å². The minimum Gasteiger partial charge on any atom is -0.481 e. The molecule has 7 nitrogen and oxygen atoms in total. The van der Waals surface area contributed by atoms with Gasteiger partial charge in [-0.05, 0) is 12.8 Å². The van der Waals surface area contributed by atoms with E-state index in [0.717, 1.165) is 12.8 Å². The molecule has 1 amide bonds. The van der Waals surface area contributed by atoms with Crippen molar-refractivity contribution >= 4 is 18.0 Å². The molecule has 0 rings (SSSR count). The SMILES string of the molecule is CCCCOC(=O)N[C@@H](CCC(=O)O)C(=O)OC. The lowest BCUT2D eigenvalue weighted by molar-refractivity contribution is -0.143. The van der Waals surface area contributed by atoms with E-state index in [9.17, 15) is 14.4 Å². The lowest BCUT2D eigenvalue weighted by Crippen LogP contribution is -2.42. The first-order valence-corrected chi connectivity index (χ1v) is 5.74. The number of unbranched alkanes of at least 4 members (excludes halogenated alkanes) is 1. The van der Waals surface area contributed by atoms with E-state index in [-0.39, 0.29) is 19.4 Å². The van der Waals surface area contributed by atoms with E-state index in [1.807, 2.05) is 6.92 Å². The average Bonchev–Trinajstić information content (AvgIpc) is 2.33. The van der Waals surface area contributed by atoms with Crippen LogP contribution in [0.1, 0.15) is 32.6 Å². The number of rotatable bonds is 8. The Kier molecular flexibility index (Phi) is 8.34. The Labute approximate surface area is 105 Å². The first-order chi connectivity index (χ1) is 8.51. The first-order valence-electron chi connectivity index (χ1n) is 5.74. The molecule has 104 valence electrons. The van der Waals surface area contributed by atoms with Gasteiger partial charge in [0.15, 0.2) is 0 Å². The molecule has 0 saturated carbocycles. The highest BCUT2D eigenvalue weighted by atomic mass is 16.6. The normalized spacial score (nSPS) is 11.4. The lowest BCUT2D eigenvalue weighted by atomic mass is 10.1. The molecule has 0 unspecified atom stereocenters. The minimum atomic E-state index is -1.05. The van der Waals surface area contributed by atoms with E-state index in [4.69, 9.17) is 9.84 Å². The van der Waals surface area contributed by atoms with Gasteiger partial charge in [-0.15, -0.1) is 0 Å². The molecule has 0 bridgehead atoms. The van der Waals surface area contributed by atoms with Crippen molar-refractivity contribution in [3.63, 3.8) is 0 Å². The van der Waals surface area contributed by atoms with Crippen molar-refractivity contribution in [2.24, 2.45) is 0 Å². The molecule has 2 N–H and O–H groups in total. The zero-order chi connectivity index (χ0) is 14.0. The van der Waals surface area contributed by atoms with Crippen LogP contribution >= 0.6 is 0 Å². The van der Waals surface area contributed by atoms with Crippen molar-refractivity contribution in [1.29, 1.82) is 0 Å². The van der Waals surface area contributed by atoms with Crippen molar-refractivity contribution in [2.45, 2.75) is 38.6 Å². The lowest BCUT2D eigenvalue weighted by Gasteiger charge is -2.15. The third kappa shape index (κ3) is 7.48. The molecular weight excluding hydrogens is 242 g/mol. The van der Waals surface area contributed by atoms with Crippen LogP contribution in [-0.4, -0.2) is 42.9 Å². The molecular formula is C11H19NO6. The van der Waals surface area contributed by atoms with Gasteiger partial charge < -0.3 is 19.9 Å². The van der Waals surface area contributed by atoms with E-state index < -0.39 is 24.1 Å². The van der Waals surface area contributed by atoms with Gasteiger partial charge in [0.05, 0.1) is 13.7 Å². The summed E-state index contributed by atoms with van der Waals surface area (Å²) in [6.45, 7) is 2.21. The molecule has 0 aromatic rings. The van der Waals surface area contributed by atoms with Gasteiger partial charge in [-0.2, -0.15) is 0 Å². The van der Waals surface area contributed by atoms with E-state index >= 15 is 0 Å². The Hall–Kier alpha value is -1.79. The molecule has 0 aromatic carbocycles. The van der Waals surface area contributed by atoms with E-state index in [0.29, 0.717) is 0 Å². The van der Waals surface area contributed by atoms with Crippen LogP contribution in [-0.2, 0) is 19.1 Å². The van der Waals surface area contributed by atoms with Crippen molar-refractivity contribution < 1.29 is 29.0 Å². The molecule has 1 atom stereocenters. The van der Waals surface area contributed by atoms with E-state index in [2.05, 4.69) is 10.1 Å². The van der Waals surface area contributed by atoms with Gasteiger partial charge in [-0.3, -0.25) is 4.79 Å². The van der Waals surface area contributed by atoms with E-state index in [1.54, 1.807) is 0 Å². The van der Waals surface area contributed by atoms with Crippen LogP contribution < -0.4 is 5.32 Å². The van der Waals surface area contributed by atoms with Crippen LogP contribution in [0.25, 0.3) is 0 Å². The molecule has 0 spiro atoms. The van der Waals surface area contributed by atoms with Gasteiger partial charge in [-0.25, -0.2) is 9.59 Å². The summed E-state index contributed by atoms with van der Waals surface area (Å²) in [6.07, 6.45) is 0.585. The molecule has 0 saturated heterocycles. The van der Waals surface area contributed by atoms with E-state index in [1.165, 1.54) is 7.11 Å². The largest absolute Gasteiger partial charge is 0.481 e. The van der Waals surface area contributed by atoms with Crippen LogP contribution in [0.4, 0.5) is 4.79 Å². The Balaban J connectivity index is 4.17. The molecule has 0 aliphatic rings. The molecule has 0 fully saturated rings. The highest BCUT2D eigenvalue weighted by molar-refractivity contribution is 5.81. The number of amides is 1. The second-order valence-electron chi connectivity index (χ2n) is 3.64. The average molecular weight is 261 g/mol. The summed E-state index contributed by atoms with van der Waals surface area (Å²) in [5.74, 6) is -1.74. The summed E-state index contributed by atoms with van der Waals surface area (Å²) in [7, 11) is 1.17. The number of nitrogens with one attached hydrogen (secondary N) is 1. The molecule has 0 aliphatic carbocycles. The summed E-state index contributed by atoms with van der Waals surface area (Å²) in [6, 6.07) is -1.000. The van der Waals surface area contributed by atoms with Crippen molar-refractivity contribution in [2.75, 3.05) is 13.7 Å². The maximum Gasteiger partial charge on any atom is 0.407 e. The first kappa shape index (κ1) is 16.2. The Morgan fingerprint density at radius 3 is 2.50 bits per heavy atom. The molecule has 0 aromatic heterocycles. The molecule has 7 heteroatoms. The van der Waals surface area contributed by atoms with Gasteiger partial charge in [-0.1, -0.05) is 13.3 Å². The number of carboxylic acid groups (broad SMARTS) is 1. The zero-order valence-corrected chi connectivity index (χ0v) is 10.6. The minimum absolute atomic E-state index is 0.0368. The predicted octanol–water partition coefficient (Wildman–Crippen LogP) is 0.919. The number of carbonyl (C=O) groups excluding carboxylic acids is 2.